The first-order valence-corrected chi connectivity index (χ1v) is 12.9. The molecule has 1 spiro atoms. The van der Waals surface area contributed by atoms with E-state index in [-0.39, 0.29) is 11.6 Å². The molecule has 3 fully saturated rings. The van der Waals surface area contributed by atoms with E-state index < -0.39 is 0 Å². The molecule has 3 aliphatic rings. The topological polar surface area (TPSA) is 65.9 Å². The van der Waals surface area contributed by atoms with Gasteiger partial charge in [-0.05, 0) is 56.8 Å². The number of piperidine rings is 1. The third-order valence-electron chi connectivity index (χ3n) is 7.57. The van der Waals surface area contributed by atoms with E-state index >= 15 is 0 Å². The van der Waals surface area contributed by atoms with Crippen LogP contribution in [-0.2, 0) is 11.3 Å². The zero-order chi connectivity index (χ0) is 24.4. The molecule has 0 saturated carbocycles. The van der Waals surface area contributed by atoms with Crippen molar-refractivity contribution in [3.05, 3.63) is 53.3 Å². The van der Waals surface area contributed by atoms with Crippen LogP contribution < -0.4 is 10.2 Å². The lowest BCUT2D eigenvalue weighted by Crippen LogP contribution is -2.53. The van der Waals surface area contributed by atoms with Crippen molar-refractivity contribution < 1.29 is 9.53 Å². The van der Waals surface area contributed by atoms with Gasteiger partial charge >= 0.3 is 6.03 Å². The number of benzene rings is 1. The summed E-state index contributed by atoms with van der Waals surface area (Å²) in [7, 11) is 0. The summed E-state index contributed by atoms with van der Waals surface area (Å²) in [6.07, 6.45) is 6.08. The Bertz CT molecular complexity index is 1070. The zero-order valence-electron chi connectivity index (χ0n) is 20.5. The Labute approximate surface area is 212 Å². The van der Waals surface area contributed by atoms with Crippen molar-refractivity contribution in [1.29, 1.82) is 0 Å². The standard InChI is InChI=1S/C26H35ClN6O2/c1-20(2)28-24-6-11-33(29-24)25(34)31-12-8-26(9-13-31)7-3-10-32(26)19-21-4-5-22(27)23(18-21)30-14-16-35-17-15-30/h4-6,11,18H,1,3,7-10,12-17,19H2,2H3,(H,28,29). The summed E-state index contributed by atoms with van der Waals surface area (Å²) >= 11 is 6.56. The second-order valence-electron chi connectivity index (χ2n) is 9.96. The van der Waals surface area contributed by atoms with Gasteiger partial charge in [-0.2, -0.15) is 4.68 Å². The summed E-state index contributed by atoms with van der Waals surface area (Å²) in [5, 5.41) is 8.22. The summed E-state index contributed by atoms with van der Waals surface area (Å²) in [6.45, 7) is 12.4. The van der Waals surface area contributed by atoms with Crippen LogP contribution in [-0.4, -0.2) is 77.1 Å². The minimum Gasteiger partial charge on any atom is -0.378 e. The van der Waals surface area contributed by atoms with Crippen molar-refractivity contribution in [2.24, 2.45) is 0 Å². The molecule has 1 amide bonds. The minimum atomic E-state index is -0.0629. The summed E-state index contributed by atoms with van der Waals surface area (Å²) in [4.78, 5) is 19.9. The molecule has 35 heavy (non-hydrogen) atoms. The highest BCUT2D eigenvalue weighted by atomic mass is 35.5. The quantitative estimate of drug-likeness (QED) is 0.658. The van der Waals surface area contributed by atoms with Gasteiger partial charge in [0.2, 0.25) is 0 Å². The third kappa shape index (κ3) is 5.20. The van der Waals surface area contributed by atoms with Gasteiger partial charge in [0.1, 0.15) is 0 Å². The predicted molar refractivity (Wildman–Crippen MR) is 139 cm³/mol. The molecule has 1 aromatic heterocycles. The number of nitrogens with one attached hydrogen (secondary N) is 1. The van der Waals surface area contributed by atoms with Gasteiger partial charge in [-0.3, -0.25) is 4.90 Å². The van der Waals surface area contributed by atoms with Gasteiger partial charge in [-0.1, -0.05) is 24.2 Å². The normalized spacial score (nSPS) is 20.4. The average Bonchev–Trinajstić information content (AvgIpc) is 3.48. The Morgan fingerprint density at radius 2 is 1.91 bits per heavy atom. The molecule has 5 rings (SSSR count). The average molecular weight is 499 g/mol. The van der Waals surface area contributed by atoms with Gasteiger partial charge in [-0.15, -0.1) is 5.10 Å². The highest BCUT2D eigenvalue weighted by molar-refractivity contribution is 6.33. The largest absolute Gasteiger partial charge is 0.378 e. The Morgan fingerprint density at radius 1 is 1.14 bits per heavy atom. The first-order valence-electron chi connectivity index (χ1n) is 12.6. The summed E-state index contributed by atoms with van der Waals surface area (Å²) < 4.78 is 6.94. The molecule has 9 heteroatoms. The van der Waals surface area contributed by atoms with E-state index in [9.17, 15) is 4.79 Å². The molecule has 4 heterocycles. The maximum atomic E-state index is 13.0. The van der Waals surface area contributed by atoms with Crippen LogP contribution in [0.25, 0.3) is 0 Å². The molecule has 188 valence electrons. The van der Waals surface area contributed by atoms with Crippen LogP contribution in [0.4, 0.5) is 16.3 Å². The third-order valence-corrected chi connectivity index (χ3v) is 7.89. The maximum Gasteiger partial charge on any atom is 0.344 e. The number of anilines is 2. The Balaban J connectivity index is 1.23. The molecular formula is C26H35ClN6O2. The summed E-state index contributed by atoms with van der Waals surface area (Å²) in [6, 6.07) is 8.19. The second kappa shape index (κ2) is 10.2. The maximum absolute atomic E-state index is 13.0. The fraction of sp³-hybridized carbons (Fsp3) is 0.538. The highest BCUT2D eigenvalue weighted by Gasteiger charge is 2.43. The fourth-order valence-corrected chi connectivity index (χ4v) is 5.94. The molecule has 0 bridgehead atoms. The molecule has 1 aromatic carbocycles. The number of rotatable bonds is 5. The number of nitrogens with zero attached hydrogens (tertiary/aromatic N) is 5. The minimum absolute atomic E-state index is 0.0629. The van der Waals surface area contributed by atoms with E-state index in [1.54, 1.807) is 12.3 Å². The molecule has 8 nitrogen and oxygen atoms in total. The number of ether oxygens (including phenoxy) is 1. The zero-order valence-corrected chi connectivity index (χ0v) is 21.3. The Hall–Kier alpha value is -2.55. The SMILES string of the molecule is C=C(C)Nc1ccn(C(=O)N2CCC3(CCCN3Cc3ccc(Cl)c(N4CCOCC4)c3)CC2)n1. The number of hydrogen-bond acceptors (Lipinski definition) is 6. The first-order chi connectivity index (χ1) is 16.9. The first kappa shape index (κ1) is 24.2. The Morgan fingerprint density at radius 3 is 2.66 bits per heavy atom. The molecule has 0 unspecified atom stereocenters. The van der Waals surface area contributed by atoms with Crippen molar-refractivity contribution in [3.8, 4) is 0 Å². The van der Waals surface area contributed by atoms with Crippen LogP contribution in [0.3, 0.4) is 0 Å². The van der Waals surface area contributed by atoms with Gasteiger partial charge in [0.25, 0.3) is 0 Å². The Kier molecular flexibility index (Phi) is 7.05. The van der Waals surface area contributed by atoms with Gasteiger partial charge in [0, 0.05) is 56.2 Å². The van der Waals surface area contributed by atoms with E-state index in [0.29, 0.717) is 5.82 Å². The monoisotopic (exact) mass is 498 g/mol. The lowest BCUT2D eigenvalue weighted by Gasteiger charge is -2.45. The van der Waals surface area contributed by atoms with Gasteiger partial charge in [-0.25, -0.2) is 4.79 Å². The van der Waals surface area contributed by atoms with Gasteiger partial charge < -0.3 is 19.9 Å². The number of morpholine rings is 1. The van der Waals surface area contributed by atoms with E-state index in [1.165, 1.54) is 23.1 Å². The van der Waals surface area contributed by atoms with E-state index in [0.717, 1.165) is 81.7 Å². The van der Waals surface area contributed by atoms with Crippen LogP contribution in [0, 0.1) is 0 Å². The van der Waals surface area contributed by atoms with Crippen LogP contribution in [0.15, 0.2) is 42.7 Å². The lowest BCUT2D eigenvalue weighted by atomic mass is 9.85. The summed E-state index contributed by atoms with van der Waals surface area (Å²) in [5.74, 6) is 0.640. The molecule has 0 aliphatic carbocycles. The summed E-state index contributed by atoms with van der Waals surface area (Å²) in [5.41, 5.74) is 3.36. The van der Waals surface area contributed by atoms with Crippen molar-refractivity contribution in [3.63, 3.8) is 0 Å². The number of hydrogen-bond donors (Lipinski definition) is 1. The molecule has 3 aliphatic heterocycles. The number of aromatic nitrogens is 2. The fourth-order valence-electron chi connectivity index (χ4n) is 5.71. The smallest absolute Gasteiger partial charge is 0.344 e. The van der Waals surface area contributed by atoms with Crippen LogP contribution in [0.5, 0.6) is 0 Å². The van der Waals surface area contributed by atoms with Gasteiger partial charge in [0.15, 0.2) is 5.82 Å². The van der Waals surface area contributed by atoms with Crippen molar-refractivity contribution >= 4 is 29.1 Å². The lowest BCUT2D eigenvalue weighted by molar-refractivity contribution is 0.0585. The van der Waals surface area contributed by atoms with E-state index in [4.69, 9.17) is 16.3 Å². The molecule has 3 saturated heterocycles. The van der Waals surface area contributed by atoms with E-state index in [1.807, 2.05) is 17.9 Å². The molecule has 2 aromatic rings. The second-order valence-corrected chi connectivity index (χ2v) is 10.4. The van der Waals surface area contributed by atoms with Crippen molar-refractivity contribution in [1.82, 2.24) is 19.6 Å². The highest BCUT2D eigenvalue weighted by Crippen LogP contribution is 2.40. The molecule has 0 radical (unpaired) electrons. The molecular weight excluding hydrogens is 464 g/mol. The number of carbonyl (C=O) groups is 1. The van der Waals surface area contributed by atoms with Crippen LogP contribution in [0.1, 0.15) is 38.2 Å². The number of carbonyl (C=O) groups excluding carboxylic acids is 1. The number of allylic oxidation sites excluding steroid dienone is 1. The number of likely N-dealkylation sites (tertiary alicyclic amines) is 2. The van der Waals surface area contributed by atoms with E-state index in [2.05, 4.69) is 38.9 Å². The number of amides is 1. The van der Waals surface area contributed by atoms with Gasteiger partial charge in [0.05, 0.1) is 23.9 Å². The van der Waals surface area contributed by atoms with Crippen LogP contribution in [0.2, 0.25) is 5.02 Å². The predicted octanol–water partition coefficient (Wildman–Crippen LogP) is 4.42. The van der Waals surface area contributed by atoms with Crippen LogP contribution >= 0.6 is 11.6 Å². The molecule has 1 N–H and O–H groups in total. The molecule has 0 atom stereocenters. The van der Waals surface area contributed by atoms with Crippen molar-refractivity contribution in [2.45, 2.75) is 44.7 Å². The number of halogens is 1. The van der Waals surface area contributed by atoms with Crippen molar-refractivity contribution in [2.75, 3.05) is 56.2 Å².